The standard InChI is InChI=1S/C24H31N7O2/c1-16-6-8-19(9-7-16)31-18(3)21-17(2)26-27-23(22(21)28-31)29-10-12-30(13-11-29)24(32)25-15-20-5-4-14-33-20/h6-9,20H,4-5,10-15H2,1-3H3,(H,25,32). The van der Waals surface area contributed by atoms with Gasteiger partial charge in [-0.05, 0) is 45.7 Å². The van der Waals surface area contributed by atoms with E-state index in [1.165, 1.54) is 5.56 Å². The van der Waals surface area contributed by atoms with E-state index in [4.69, 9.17) is 9.84 Å². The fraction of sp³-hybridized carbons (Fsp3) is 0.500. The Kier molecular flexibility index (Phi) is 5.88. The molecular weight excluding hydrogens is 418 g/mol. The van der Waals surface area contributed by atoms with Crippen LogP contribution in [0, 0.1) is 20.8 Å². The Morgan fingerprint density at radius 2 is 1.85 bits per heavy atom. The molecule has 3 aromatic rings. The first-order valence-corrected chi connectivity index (χ1v) is 11.7. The van der Waals surface area contributed by atoms with Crippen LogP contribution in [0.4, 0.5) is 10.6 Å². The van der Waals surface area contributed by atoms with Gasteiger partial charge in [0.05, 0.1) is 28.6 Å². The highest BCUT2D eigenvalue weighted by Gasteiger charge is 2.26. The van der Waals surface area contributed by atoms with Crippen molar-refractivity contribution in [2.45, 2.75) is 39.7 Å². The van der Waals surface area contributed by atoms with E-state index >= 15 is 0 Å². The number of amides is 2. The minimum Gasteiger partial charge on any atom is -0.376 e. The molecule has 1 N–H and O–H groups in total. The van der Waals surface area contributed by atoms with Gasteiger partial charge in [-0.15, -0.1) is 5.10 Å². The van der Waals surface area contributed by atoms with Crippen molar-refractivity contribution in [1.82, 2.24) is 30.2 Å². The van der Waals surface area contributed by atoms with Gasteiger partial charge in [-0.1, -0.05) is 17.7 Å². The zero-order valence-electron chi connectivity index (χ0n) is 19.5. The summed E-state index contributed by atoms with van der Waals surface area (Å²) in [6.45, 7) is 10.1. The predicted molar refractivity (Wildman–Crippen MR) is 127 cm³/mol. The van der Waals surface area contributed by atoms with Crippen LogP contribution < -0.4 is 10.2 Å². The van der Waals surface area contributed by atoms with Crippen molar-refractivity contribution in [3.05, 3.63) is 41.2 Å². The summed E-state index contributed by atoms with van der Waals surface area (Å²) in [6.07, 6.45) is 2.24. The molecule has 0 aliphatic carbocycles. The Balaban J connectivity index is 1.33. The van der Waals surface area contributed by atoms with Crippen molar-refractivity contribution in [2.24, 2.45) is 0 Å². The summed E-state index contributed by atoms with van der Waals surface area (Å²) in [4.78, 5) is 16.6. The van der Waals surface area contributed by atoms with Crippen LogP contribution in [-0.2, 0) is 4.74 Å². The number of rotatable bonds is 4. The summed E-state index contributed by atoms with van der Waals surface area (Å²) in [5.41, 5.74) is 5.02. The number of benzene rings is 1. The molecule has 0 saturated carbocycles. The minimum atomic E-state index is -0.0234. The molecule has 0 spiro atoms. The number of urea groups is 1. The van der Waals surface area contributed by atoms with Crippen molar-refractivity contribution in [3.8, 4) is 5.69 Å². The second-order valence-corrected chi connectivity index (χ2v) is 8.96. The van der Waals surface area contributed by atoms with Crippen LogP contribution in [0.1, 0.15) is 29.8 Å². The Labute approximate surface area is 193 Å². The van der Waals surface area contributed by atoms with Crippen molar-refractivity contribution < 1.29 is 9.53 Å². The highest BCUT2D eigenvalue weighted by Crippen LogP contribution is 2.29. The van der Waals surface area contributed by atoms with Crippen LogP contribution in [0.25, 0.3) is 16.6 Å². The van der Waals surface area contributed by atoms with Gasteiger partial charge in [-0.25, -0.2) is 9.48 Å². The van der Waals surface area contributed by atoms with Crippen LogP contribution in [0.5, 0.6) is 0 Å². The second-order valence-electron chi connectivity index (χ2n) is 8.96. The molecule has 5 rings (SSSR count). The number of fused-ring (bicyclic) bond motifs is 1. The molecule has 0 bridgehead atoms. The molecule has 2 fully saturated rings. The van der Waals surface area contributed by atoms with E-state index in [0.29, 0.717) is 32.7 Å². The molecule has 1 atom stereocenters. The summed E-state index contributed by atoms with van der Waals surface area (Å²) < 4.78 is 7.57. The predicted octanol–water partition coefficient (Wildman–Crippen LogP) is 2.75. The average molecular weight is 450 g/mol. The normalized spacial score (nSPS) is 18.8. The fourth-order valence-corrected chi connectivity index (χ4v) is 4.70. The second kappa shape index (κ2) is 8.97. The SMILES string of the molecule is Cc1ccc(-n2nc3c(N4CCN(C(=O)NCC5CCCO5)CC4)nnc(C)c3c2C)cc1. The summed E-state index contributed by atoms with van der Waals surface area (Å²) in [6, 6.07) is 8.32. The first-order chi connectivity index (χ1) is 16.0. The molecule has 4 heterocycles. The van der Waals surface area contributed by atoms with Gasteiger partial charge in [0, 0.05) is 39.3 Å². The summed E-state index contributed by atoms with van der Waals surface area (Å²) >= 11 is 0. The number of piperazine rings is 1. The third-order valence-electron chi connectivity index (χ3n) is 6.63. The molecule has 2 saturated heterocycles. The molecule has 0 radical (unpaired) electrons. The average Bonchev–Trinajstić information content (AvgIpc) is 3.47. The van der Waals surface area contributed by atoms with Crippen molar-refractivity contribution in [3.63, 3.8) is 0 Å². The minimum absolute atomic E-state index is 0.0234. The number of carbonyl (C=O) groups is 1. The van der Waals surface area contributed by atoms with E-state index < -0.39 is 0 Å². The van der Waals surface area contributed by atoms with Crippen LogP contribution in [-0.4, -0.2) is 76.3 Å². The van der Waals surface area contributed by atoms with Crippen LogP contribution in [0.15, 0.2) is 24.3 Å². The number of aryl methyl sites for hydroxylation is 3. The van der Waals surface area contributed by atoms with Gasteiger partial charge in [-0.2, -0.15) is 10.2 Å². The van der Waals surface area contributed by atoms with E-state index in [1.807, 2.05) is 16.5 Å². The number of hydrogen-bond acceptors (Lipinski definition) is 6. The van der Waals surface area contributed by atoms with Crippen molar-refractivity contribution in [1.29, 1.82) is 0 Å². The maximum absolute atomic E-state index is 12.6. The topological polar surface area (TPSA) is 88.4 Å². The van der Waals surface area contributed by atoms with Crippen LogP contribution in [0.2, 0.25) is 0 Å². The van der Waals surface area contributed by atoms with Gasteiger partial charge in [0.15, 0.2) is 5.82 Å². The first kappa shape index (κ1) is 21.6. The Morgan fingerprint density at radius 3 is 2.55 bits per heavy atom. The highest BCUT2D eigenvalue weighted by atomic mass is 16.5. The zero-order chi connectivity index (χ0) is 22.9. The van der Waals surface area contributed by atoms with E-state index in [1.54, 1.807) is 0 Å². The summed E-state index contributed by atoms with van der Waals surface area (Å²) in [5.74, 6) is 0.781. The molecule has 174 valence electrons. The molecule has 1 unspecified atom stereocenters. The summed E-state index contributed by atoms with van der Waals surface area (Å²) in [5, 5.41) is 18.0. The van der Waals surface area contributed by atoms with Crippen LogP contribution >= 0.6 is 0 Å². The Morgan fingerprint density at radius 1 is 1.09 bits per heavy atom. The number of hydrogen-bond donors (Lipinski definition) is 1. The van der Waals surface area contributed by atoms with E-state index in [9.17, 15) is 4.79 Å². The number of nitrogens with one attached hydrogen (secondary N) is 1. The fourth-order valence-electron chi connectivity index (χ4n) is 4.70. The Bertz CT molecular complexity index is 1140. The monoisotopic (exact) mass is 449 g/mol. The molecule has 2 aliphatic heterocycles. The quantitative estimate of drug-likeness (QED) is 0.659. The van der Waals surface area contributed by atoms with E-state index in [2.05, 4.69) is 58.5 Å². The smallest absolute Gasteiger partial charge is 0.317 e. The third kappa shape index (κ3) is 4.25. The molecule has 2 aliphatic rings. The number of ether oxygens (including phenoxy) is 1. The Hall–Kier alpha value is -3.20. The number of carbonyl (C=O) groups excluding carboxylic acids is 1. The van der Waals surface area contributed by atoms with Gasteiger partial charge in [-0.3, -0.25) is 0 Å². The lowest BCUT2D eigenvalue weighted by Gasteiger charge is -2.35. The summed E-state index contributed by atoms with van der Waals surface area (Å²) in [7, 11) is 0. The molecule has 2 amide bonds. The van der Waals surface area contributed by atoms with Crippen molar-refractivity contribution in [2.75, 3.05) is 44.2 Å². The van der Waals surface area contributed by atoms with E-state index in [-0.39, 0.29) is 12.1 Å². The van der Waals surface area contributed by atoms with Gasteiger partial charge >= 0.3 is 6.03 Å². The lowest BCUT2D eigenvalue weighted by Crippen LogP contribution is -2.53. The molecular formula is C24H31N7O2. The van der Waals surface area contributed by atoms with Gasteiger partial charge in [0.25, 0.3) is 0 Å². The lowest BCUT2D eigenvalue weighted by molar-refractivity contribution is 0.108. The van der Waals surface area contributed by atoms with E-state index in [0.717, 1.165) is 53.2 Å². The maximum Gasteiger partial charge on any atom is 0.317 e. The number of aromatic nitrogens is 4. The third-order valence-corrected chi connectivity index (χ3v) is 6.63. The number of anilines is 1. The van der Waals surface area contributed by atoms with Gasteiger partial charge < -0.3 is 19.9 Å². The van der Waals surface area contributed by atoms with Gasteiger partial charge in [0.1, 0.15) is 5.52 Å². The molecule has 1 aromatic carbocycles. The van der Waals surface area contributed by atoms with Crippen molar-refractivity contribution >= 4 is 22.8 Å². The molecule has 9 nitrogen and oxygen atoms in total. The zero-order valence-corrected chi connectivity index (χ0v) is 19.5. The lowest BCUT2D eigenvalue weighted by atomic mass is 10.2. The molecule has 33 heavy (non-hydrogen) atoms. The number of nitrogens with zero attached hydrogens (tertiary/aromatic N) is 6. The molecule has 9 heteroatoms. The van der Waals surface area contributed by atoms with Gasteiger partial charge in [0.2, 0.25) is 0 Å². The molecule has 2 aromatic heterocycles. The largest absolute Gasteiger partial charge is 0.376 e. The van der Waals surface area contributed by atoms with Crippen LogP contribution in [0.3, 0.4) is 0 Å². The maximum atomic E-state index is 12.6. The first-order valence-electron chi connectivity index (χ1n) is 11.7. The highest BCUT2D eigenvalue weighted by molar-refractivity contribution is 5.92.